The quantitative estimate of drug-likeness (QED) is 0.693. The van der Waals surface area contributed by atoms with Gasteiger partial charge in [-0.1, -0.05) is 37.1 Å². The highest BCUT2D eigenvalue weighted by atomic mass is 16.3. The smallest absolute Gasteiger partial charge is 0.187 e. The molecule has 0 heterocycles. The summed E-state index contributed by atoms with van der Waals surface area (Å²) in [6.45, 7) is 6.87. The molecule has 0 bridgehead atoms. The summed E-state index contributed by atoms with van der Waals surface area (Å²) < 4.78 is 0. The Hall–Kier alpha value is -1.33. The summed E-state index contributed by atoms with van der Waals surface area (Å²) in [6.07, 6.45) is 4.12. The van der Waals surface area contributed by atoms with Gasteiger partial charge in [-0.15, -0.1) is 0 Å². The lowest BCUT2D eigenvalue weighted by Gasteiger charge is -2.27. The molecular weight excluding hydrogens is 186 g/mol. The van der Waals surface area contributed by atoms with Gasteiger partial charge in [0.05, 0.1) is 12.7 Å². The molecule has 2 unspecified atom stereocenters. The standard InChI is InChI=1S/C13H15NO/c1-14-11-8-6-10(7-9-11)12-4-2-3-5-13(12)15/h6-9,12-13,15H,2-5H2. The second kappa shape index (κ2) is 4.46. The van der Waals surface area contributed by atoms with Crippen LogP contribution in [0.25, 0.3) is 4.85 Å². The Kier molecular flexibility index (Phi) is 3.03. The molecule has 0 amide bonds. The highest BCUT2D eigenvalue weighted by Gasteiger charge is 2.24. The van der Waals surface area contributed by atoms with E-state index in [1.165, 1.54) is 12.0 Å². The van der Waals surface area contributed by atoms with E-state index in [1.807, 2.05) is 24.3 Å². The largest absolute Gasteiger partial charge is 0.392 e. The summed E-state index contributed by atoms with van der Waals surface area (Å²) in [5, 5.41) is 9.89. The molecule has 0 aromatic heterocycles. The zero-order valence-electron chi connectivity index (χ0n) is 8.69. The zero-order valence-corrected chi connectivity index (χ0v) is 8.69. The van der Waals surface area contributed by atoms with Crippen LogP contribution < -0.4 is 0 Å². The maximum Gasteiger partial charge on any atom is 0.187 e. The molecular formula is C13H15NO. The Balaban J connectivity index is 2.18. The van der Waals surface area contributed by atoms with Crippen molar-refractivity contribution in [2.24, 2.45) is 0 Å². The van der Waals surface area contributed by atoms with Crippen molar-refractivity contribution < 1.29 is 5.11 Å². The summed E-state index contributed by atoms with van der Waals surface area (Å²) in [5.41, 5.74) is 1.85. The van der Waals surface area contributed by atoms with Crippen LogP contribution in [0.2, 0.25) is 0 Å². The SMILES string of the molecule is [C-]#[N+]c1ccc(C2CCCCC2O)cc1. The monoisotopic (exact) mass is 201 g/mol. The van der Waals surface area contributed by atoms with Crippen LogP contribution in [0.15, 0.2) is 24.3 Å². The first-order chi connectivity index (χ1) is 7.31. The molecule has 2 rings (SSSR count). The maximum atomic E-state index is 9.89. The maximum absolute atomic E-state index is 9.89. The minimum absolute atomic E-state index is 0.197. The first-order valence-corrected chi connectivity index (χ1v) is 5.47. The van der Waals surface area contributed by atoms with Crippen LogP contribution in [-0.2, 0) is 0 Å². The molecule has 78 valence electrons. The zero-order chi connectivity index (χ0) is 10.7. The third-order valence-corrected chi connectivity index (χ3v) is 3.18. The lowest BCUT2D eigenvalue weighted by atomic mass is 9.82. The molecule has 1 saturated carbocycles. The van der Waals surface area contributed by atoms with Crippen LogP contribution in [0, 0.1) is 6.57 Å². The Morgan fingerprint density at radius 2 is 1.80 bits per heavy atom. The van der Waals surface area contributed by atoms with Crippen molar-refractivity contribution in [3.05, 3.63) is 41.2 Å². The van der Waals surface area contributed by atoms with Gasteiger partial charge in [-0.25, -0.2) is 4.85 Å². The first-order valence-electron chi connectivity index (χ1n) is 5.47. The van der Waals surface area contributed by atoms with Gasteiger partial charge in [0.25, 0.3) is 0 Å². The third-order valence-electron chi connectivity index (χ3n) is 3.18. The van der Waals surface area contributed by atoms with E-state index >= 15 is 0 Å². The lowest BCUT2D eigenvalue weighted by molar-refractivity contribution is 0.106. The molecule has 1 aliphatic rings. The Morgan fingerprint density at radius 1 is 1.13 bits per heavy atom. The molecule has 1 aliphatic carbocycles. The molecule has 0 aliphatic heterocycles. The molecule has 2 atom stereocenters. The molecule has 0 radical (unpaired) electrons. The van der Waals surface area contributed by atoms with Gasteiger partial charge in [0, 0.05) is 5.92 Å². The van der Waals surface area contributed by atoms with Crippen molar-refractivity contribution in [1.82, 2.24) is 0 Å². The fourth-order valence-electron chi connectivity index (χ4n) is 2.30. The minimum atomic E-state index is -0.197. The van der Waals surface area contributed by atoms with Gasteiger partial charge in [0.1, 0.15) is 0 Å². The van der Waals surface area contributed by atoms with E-state index in [0.717, 1.165) is 19.3 Å². The Labute approximate surface area is 90.4 Å². The molecule has 2 nitrogen and oxygen atoms in total. The Morgan fingerprint density at radius 3 is 2.40 bits per heavy atom. The third kappa shape index (κ3) is 2.19. The van der Waals surface area contributed by atoms with Crippen LogP contribution in [0.4, 0.5) is 5.69 Å². The van der Waals surface area contributed by atoms with Gasteiger partial charge >= 0.3 is 0 Å². The summed E-state index contributed by atoms with van der Waals surface area (Å²) in [6, 6.07) is 7.63. The molecule has 1 aromatic carbocycles. The second-order valence-electron chi connectivity index (χ2n) is 4.16. The average molecular weight is 201 g/mol. The van der Waals surface area contributed by atoms with E-state index in [4.69, 9.17) is 6.57 Å². The summed E-state index contributed by atoms with van der Waals surface area (Å²) in [7, 11) is 0. The van der Waals surface area contributed by atoms with E-state index in [1.54, 1.807) is 0 Å². The van der Waals surface area contributed by atoms with Crippen molar-refractivity contribution in [2.75, 3.05) is 0 Å². The highest BCUT2D eigenvalue weighted by molar-refractivity contribution is 5.46. The number of rotatable bonds is 1. The molecule has 0 saturated heterocycles. The topological polar surface area (TPSA) is 24.6 Å². The predicted octanol–water partition coefficient (Wildman–Crippen LogP) is 3.26. The number of hydrogen-bond donors (Lipinski definition) is 1. The van der Waals surface area contributed by atoms with Gasteiger partial charge in [0.15, 0.2) is 5.69 Å². The van der Waals surface area contributed by atoms with Gasteiger partial charge < -0.3 is 5.11 Å². The fraction of sp³-hybridized carbons (Fsp3) is 0.462. The van der Waals surface area contributed by atoms with E-state index < -0.39 is 0 Å². The number of aliphatic hydroxyl groups excluding tert-OH is 1. The summed E-state index contributed by atoms with van der Waals surface area (Å²) >= 11 is 0. The van der Waals surface area contributed by atoms with E-state index in [0.29, 0.717) is 5.69 Å². The van der Waals surface area contributed by atoms with Crippen LogP contribution in [0.3, 0.4) is 0 Å². The fourth-order valence-corrected chi connectivity index (χ4v) is 2.30. The predicted molar refractivity (Wildman–Crippen MR) is 59.9 cm³/mol. The lowest BCUT2D eigenvalue weighted by Crippen LogP contribution is -2.22. The van der Waals surface area contributed by atoms with Crippen LogP contribution >= 0.6 is 0 Å². The molecule has 15 heavy (non-hydrogen) atoms. The normalized spacial score (nSPS) is 25.9. The number of aliphatic hydroxyl groups is 1. The molecule has 1 aromatic rings. The molecule has 0 spiro atoms. The van der Waals surface area contributed by atoms with E-state index in [-0.39, 0.29) is 12.0 Å². The van der Waals surface area contributed by atoms with Gasteiger partial charge in [-0.05, 0) is 18.4 Å². The van der Waals surface area contributed by atoms with Gasteiger partial charge in [-0.3, -0.25) is 0 Å². The molecule has 2 heteroatoms. The van der Waals surface area contributed by atoms with Crippen molar-refractivity contribution in [3.63, 3.8) is 0 Å². The first kappa shape index (κ1) is 10.2. The molecule has 1 fully saturated rings. The minimum Gasteiger partial charge on any atom is -0.392 e. The molecule has 1 N–H and O–H groups in total. The van der Waals surface area contributed by atoms with Crippen LogP contribution in [0.5, 0.6) is 0 Å². The number of benzene rings is 1. The summed E-state index contributed by atoms with van der Waals surface area (Å²) in [5.74, 6) is 0.276. The van der Waals surface area contributed by atoms with Gasteiger partial charge in [-0.2, -0.15) is 0 Å². The Bertz CT molecular complexity index is 363. The van der Waals surface area contributed by atoms with Crippen LogP contribution in [0.1, 0.15) is 37.2 Å². The summed E-state index contributed by atoms with van der Waals surface area (Å²) in [4.78, 5) is 3.36. The highest BCUT2D eigenvalue weighted by Crippen LogP contribution is 2.33. The van der Waals surface area contributed by atoms with E-state index in [9.17, 15) is 5.11 Å². The van der Waals surface area contributed by atoms with Crippen LogP contribution in [-0.4, -0.2) is 11.2 Å². The van der Waals surface area contributed by atoms with Gasteiger partial charge in [0.2, 0.25) is 0 Å². The van der Waals surface area contributed by atoms with Crippen molar-refractivity contribution in [3.8, 4) is 0 Å². The average Bonchev–Trinajstić information content (AvgIpc) is 2.30. The van der Waals surface area contributed by atoms with Crippen molar-refractivity contribution in [1.29, 1.82) is 0 Å². The van der Waals surface area contributed by atoms with Crippen molar-refractivity contribution in [2.45, 2.75) is 37.7 Å². The number of nitrogens with zero attached hydrogens (tertiary/aromatic N) is 1. The number of hydrogen-bond acceptors (Lipinski definition) is 1. The van der Waals surface area contributed by atoms with E-state index in [2.05, 4.69) is 4.85 Å². The van der Waals surface area contributed by atoms with Crippen molar-refractivity contribution >= 4 is 5.69 Å². The second-order valence-corrected chi connectivity index (χ2v) is 4.16.